The number of hydrazine groups is 1. The zero-order valence-electron chi connectivity index (χ0n) is 9.67. The van der Waals surface area contributed by atoms with Crippen LogP contribution in [0.15, 0.2) is 27.5 Å². The van der Waals surface area contributed by atoms with Crippen LogP contribution in [0.4, 0.5) is 5.82 Å². The number of H-pyrrole nitrogens is 1. The molecule has 2 rings (SSSR count). The Balaban J connectivity index is 2.12. The second kappa shape index (κ2) is 5.87. The number of thioether (sulfide) groups is 1. The third kappa shape index (κ3) is 3.34. The molecule has 0 bridgehead atoms. The zero-order chi connectivity index (χ0) is 13.8. The fraction of sp³-hybridized carbons (Fsp3) is 0.100. The standard InChI is InChI=1S/C10H11N5O2S2/c11-6-3-7(16)14-10(13-6)19-4-5-1-2-18-8(5)9(17)15-12/h1-3H,4,12H2,(H,15,17)(H3,11,13,14,16). The van der Waals surface area contributed by atoms with E-state index in [1.54, 1.807) is 5.38 Å². The summed E-state index contributed by atoms with van der Waals surface area (Å²) < 4.78 is 0. The van der Waals surface area contributed by atoms with Crippen molar-refractivity contribution in [1.29, 1.82) is 0 Å². The quantitative estimate of drug-likeness (QED) is 0.211. The number of aromatic nitrogens is 2. The van der Waals surface area contributed by atoms with Gasteiger partial charge in [0, 0.05) is 11.8 Å². The van der Waals surface area contributed by atoms with E-state index < -0.39 is 0 Å². The molecule has 9 heteroatoms. The number of hydrogen-bond acceptors (Lipinski definition) is 7. The van der Waals surface area contributed by atoms with Crippen LogP contribution in [0.25, 0.3) is 0 Å². The molecule has 0 fully saturated rings. The van der Waals surface area contributed by atoms with Crippen molar-refractivity contribution in [3.8, 4) is 0 Å². The molecule has 19 heavy (non-hydrogen) atoms. The van der Waals surface area contributed by atoms with E-state index in [1.165, 1.54) is 29.2 Å². The van der Waals surface area contributed by atoms with Crippen LogP contribution in [0.2, 0.25) is 0 Å². The van der Waals surface area contributed by atoms with E-state index >= 15 is 0 Å². The minimum absolute atomic E-state index is 0.163. The van der Waals surface area contributed by atoms with Crippen molar-refractivity contribution in [1.82, 2.24) is 15.4 Å². The molecule has 0 spiro atoms. The van der Waals surface area contributed by atoms with Crippen molar-refractivity contribution in [2.75, 3.05) is 5.73 Å². The first-order valence-corrected chi connectivity index (χ1v) is 7.03. The number of amides is 1. The molecule has 0 saturated heterocycles. The van der Waals surface area contributed by atoms with Gasteiger partial charge in [-0.1, -0.05) is 11.8 Å². The summed E-state index contributed by atoms with van der Waals surface area (Å²) in [5, 5.41) is 2.21. The first-order chi connectivity index (χ1) is 9.10. The molecule has 0 aliphatic rings. The average Bonchev–Trinajstić information content (AvgIpc) is 2.82. The molecular formula is C10H11N5O2S2. The third-order valence-electron chi connectivity index (χ3n) is 2.19. The average molecular weight is 297 g/mol. The largest absolute Gasteiger partial charge is 0.383 e. The maximum absolute atomic E-state index is 11.5. The summed E-state index contributed by atoms with van der Waals surface area (Å²) >= 11 is 2.59. The number of anilines is 1. The fourth-order valence-corrected chi connectivity index (χ4v) is 3.17. The Bertz CT molecular complexity index is 651. The van der Waals surface area contributed by atoms with Gasteiger partial charge in [0.2, 0.25) is 0 Å². The van der Waals surface area contributed by atoms with Gasteiger partial charge >= 0.3 is 0 Å². The summed E-state index contributed by atoms with van der Waals surface area (Å²) in [5.74, 6) is 5.42. The first kappa shape index (κ1) is 13.6. The summed E-state index contributed by atoms with van der Waals surface area (Å²) in [5.41, 5.74) is 8.09. The van der Waals surface area contributed by atoms with E-state index in [0.717, 1.165) is 5.56 Å². The predicted octanol–water partition coefficient (Wildman–Crippen LogP) is 0.309. The van der Waals surface area contributed by atoms with Crippen LogP contribution >= 0.6 is 23.1 Å². The zero-order valence-corrected chi connectivity index (χ0v) is 11.3. The smallest absolute Gasteiger partial charge is 0.275 e. The molecular weight excluding hydrogens is 286 g/mol. The maximum Gasteiger partial charge on any atom is 0.275 e. The van der Waals surface area contributed by atoms with Gasteiger partial charge in [-0.2, -0.15) is 0 Å². The van der Waals surface area contributed by atoms with E-state index in [0.29, 0.717) is 15.8 Å². The van der Waals surface area contributed by atoms with E-state index in [-0.39, 0.29) is 17.3 Å². The van der Waals surface area contributed by atoms with E-state index in [4.69, 9.17) is 11.6 Å². The monoisotopic (exact) mass is 297 g/mol. The van der Waals surface area contributed by atoms with Crippen LogP contribution < -0.4 is 22.6 Å². The number of nitrogens with one attached hydrogen (secondary N) is 2. The summed E-state index contributed by atoms with van der Waals surface area (Å²) in [4.78, 5) is 29.8. The molecule has 2 aromatic heterocycles. The van der Waals surface area contributed by atoms with Crippen LogP contribution in [-0.4, -0.2) is 15.9 Å². The topological polar surface area (TPSA) is 127 Å². The second-order valence-electron chi connectivity index (χ2n) is 3.51. The van der Waals surface area contributed by atoms with Crippen molar-refractivity contribution in [3.05, 3.63) is 38.3 Å². The lowest BCUT2D eigenvalue weighted by Crippen LogP contribution is -2.29. The van der Waals surface area contributed by atoms with Gasteiger partial charge in [0.05, 0.1) is 4.88 Å². The number of nitrogens with zero attached hydrogens (tertiary/aromatic N) is 1. The molecule has 2 aromatic rings. The number of carbonyl (C=O) groups is 1. The Morgan fingerprint density at radius 1 is 1.58 bits per heavy atom. The predicted molar refractivity (Wildman–Crippen MR) is 74.8 cm³/mol. The number of carbonyl (C=O) groups excluding carboxylic acids is 1. The Morgan fingerprint density at radius 3 is 3.05 bits per heavy atom. The number of aromatic amines is 1. The molecule has 2 heterocycles. The number of nitrogen functional groups attached to an aromatic ring is 2. The first-order valence-electron chi connectivity index (χ1n) is 5.17. The molecule has 0 aliphatic heterocycles. The van der Waals surface area contributed by atoms with Crippen LogP contribution in [-0.2, 0) is 5.75 Å². The molecule has 6 N–H and O–H groups in total. The lowest BCUT2D eigenvalue weighted by atomic mass is 10.3. The minimum Gasteiger partial charge on any atom is -0.383 e. The lowest BCUT2D eigenvalue weighted by molar-refractivity contribution is 0.0957. The summed E-state index contributed by atoms with van der Waals surface area (Å²) in [6.07, 6.45) is 0. The molecule has 0 saturated carbocycles. The highest BCUT2D eigenvalue weighted by molar-refractivity contribution is 7.98. The highest BCUT2D eigenvalue weighted by atomic mass is 32.2. The van der Waals surface area contributed by atoms with Gasteiger partial charge in [0.1, 0.15) is 5.82 Å². The Morgan fingerprint density at radius 2 is 2.37 bits per heavy atom. The van der Waals surface area contributed by atoms with Gasteiger partial charge in [-0.15, -0.1) is 11.3 Å². The SMILES string of the molecule is NNC(=O)c1sccc1CSc1nc(N)cc(=O)[nH]1. The van der Waals surface area contributed by atoms with Crippen molar-refractivity contribution >= 4 is 34.8 Å². The van der Waals surface area contributed by atoms with E-state index in [2.05, 4.69) is 15.4 Å². The van der Waals surface area contributed by atoms with E-state index in [9.17, 15) is 9.59 Å². The van der Waals surface area contributed by atoms with Crippen molar-refractivity contribution < 1.29 is 4.79 Å². The van der Waals surface area contributed by atoms with Crippen LogP contribution in [0, 0.1) is 0 Å². The van der Waals surface area contributed by atoms with Crippen LogP contribution in [0.5, 0.6) is 0 Å². The van der Waals surface area contributed by atoms with Crippen LogP contribution in [0.3, 0.4) is 0 Å². The van der Waals surface area contributed by atoms with Gasteiger partial charge in [-0.3, -0.25) is 15.0 Å². The van der Waals surface area contributed by atoms with Gasteiger partial charge in [0.15, 0.2) is 5.16 Å². The number of rotatable bonds is 4. The highest BCUT2D eigenvalue weighted by Gasteiger charge is 2.12. The summed E-state index contributed by atoms with van der Waals surface area (Å²) in [6.45, 7) is 0. The van der Waals surface area contributed by atoms with Gasteiger partial charge in [0.25, 0.3) is 11.5 Å². The van der Waals surface area contributed by atoms with E-state index in [1.807, 2.05) is 6.07 Å². The summed E-state index contributed by atoms with van der Waals surface area (Å²) in [7, 11) is 0. The number of hydrogen-bond donors (Lipinski definition) is 4. The van der Waals surface area contributed by atoms with Crippen LogP contribution in [0.1, 0.15) is 15.2 Å². The molecule has 0 unspecified atom stereocenters. The molecule has 100 valence electrons. The Labute approximate surface area is 116 Å². The lowest BCUT2D eigenvalue weighted by Gasteiger charge is -2.03. The normalized spacial score (nSPS) is 10.4. The molecule has 0 aliphatic carbocycles. The Hall–Kier alpha value is -1.84. The molecule has 0 atom stereocenters. The van der Waals surface area contributed by atoms with Gasteiger partial charge < -0.3 is 10.7 Å². The number of nitrogens with two attached hydrogens (primary N) is 2. The number of thiophene rings is 1. The van der Waals surface area contributed by atoms with Crippen molar-refractivity contribution in [2.45, 2.75) is 10.9 Å². The molecule has 1 amide bonds. The van der Waals surface area contributed by atoms with Crippen molar-refractivity contribution in [2.24, 2.45) is 5.84 Å². The fourth-order valence-electron chi connectivity index (χ4n) is 1.38. The van der Waals surface area contributed by atoms with Gasteiger partial charge in [-0.05, 0) is 17.0 Å². The molecule has 0 aromatic carbocycles. The Kier molecular flexibility index (Phi) is 4.20. The van der Waals surface area contributed by atoms with Gasteiger partial charge in [-0.25, -0.2) is 10.8 Å². The van der Waals surface area contributed by atoms with Crippen molar-refractivity contribution in [3.63, 3.8) is 0 Å². The third-order valence-corrected chi connectivity index (χ3v) is 4.07. The second-order valence-corrected chi connectivity index (χ2v) is 5.39. The molecule has 0 radical (unpaired) electrons. The summed E-state index contributed by atoms with van der Waals surface area (Å²) in [6, 6.07) is 3.04. The maximum atomic E-state index is 11.5. The highest BCUT2D eigenvalue weighted by Crippen LogP contribution is 2.24. The minimum atomic E-state index is -0.334. The molecule has 7 nitrogen and oxygen atoms in total.